The molecule has 80 valence electrons. The first-order valence-corrected chi connectivity index (χ1v) is 5.69. The molecule has 2 unspecified atom stereocenters. The van der Waals surface area contributed by atoms with E-state index in [1.54, 1.807) is 6.07 Å². The second-order valence-corrected chi connectivity index (χ2v) is 4.70. The summed E-state index contributed by atoms with van der Waals surface area (Å²) in [5, 5.41) is 3.62. The molecule has 3 heteroatoms. The minimum absolute atomic E-state index is 0.0228. The lowest BCUT2D eigenvalue weighted by atomic mass is 9.87. The molecule has 2 saturated heterocycles. The molecule has 0 aliphatic carbocycles. The third-order valence-corrected chi connectivity index (χ3v) is 3.76. The Morgan fingerprint density at radius 1 is 1.33 bits per heavy atom. The molecular formula is C12H15FN2. The van der Waals surface area contributed by atoms with E-state index in [-0.39, 0.29) is 11.5 Å². The molecule has 1 aromatic rings. The molecule has 0 amide bonds. The van der Waals surface area contributed by atoms with Crippen LogP contribution >= 0.6 is 0 Å². The van der Waals surface area contributed by atoms with E-state index in [1.807, 2.05) is 6.07 Å². The first-order chi connectivity index (χ1) is 7.28. The van der Waals surface area contributed by atoms with Crippen molar-refractivity contribution in [1.29, 1.82) is 0 Å². The van der Waals surface area contributed by atoms with Crippen LogP contribution in [0.15, 0.2) is 18.2 Å². The number of hydrogen-bond donors (Lipinski definition) is 1. The van der Waals surface area contributed by atoms with Crippen LogP contribution in [0.5, 0.6) is 0 Å². The first-order valence-electron chi connectivity index (χ1n) is 5.69. The Morgan fingerprint density at radius 2 is 2.27 bits per heavy atom. The van der Waals surface area contributed by atoms with Gasteiger partial charge in [-0.25, -0.2) is 4.98 Å². The number of nitrogens with one attached hydrogen (secondary N) is 1. The molecule has 0 radical (unpaired) electrons. The number of piperidine rings is 1. The van der Waals surface area contributed by atoms with Crippen molar-refractivity contribution in [3.05, 3.63) is 29.8 Å². The highest BCUT2D eigenvalue weighted by atomic mass is 19.1. The van der Waals surface area contributed by atoms with Gasteiger partial charge >= 0.3 is 0 Å². The lowest BCUT2D eigenvalue weighted by Gasteiger charge is -2.34. The van der Waals surface area contributed by atoms with Crippen molar-refractivity contribution in [2.45, 2.75) is 43.7 Å². The summed E-state index contributed by atoms with van der Waals surface area (Å²) < 4.78 is 13.1. The van der Waals surface area contributed by atoms with Crippen molar-refractivity contribution in [1.82, 2.24) is 10.3 Å². The second-order valence-electron chi connectivity index (χ2n) is 4.70. The predicted octanol–water partition coefficient (Wildman–Crippen LogP) is 2.35. The Labute approximate surface area is 88.9 Å². The standard InChI is InChI=1S/C12H15FN2/c13-11-5-1-4-10(14-11)12-7-2-3-9(15-12)6-8-12/h1,4-5,9,15H,2-3,6-8H2. The van der Waals surface area contributed by atoms with Crippen LogP contribution in [0.3, 0.4) is 0 Å². The number of rotatable bonds is 1. The van der Waals surface area contributed by atoms with Gasteiger partial charge in [0.05, 0.1) is 11.2 Å². The van der Waals surface area contributed by atoms with Gasteiger partial charge in [-0.2, -0.15) is 4.39 Å². The topological polar surface area (TPSA) is 24.9 Å². The summed E-state index contributed by atoms with van der Waals surface area (Å²) in [4.78, 5) is 4.04. The molecule has 15 heavy (non-hydrogen) atoms. The Kier molecular flexibility index (Phi) is 2.02. The Morgan fingerprint density at radius 3 is 3.13 bits per heavy atom. The Hall–Kier alpha value is -0.960. The molecule has 0 saturated carbocycles. The van der Waals surface area contributed by atoms with Crippen LogP contribution in [0.1, 0.15) is 37.8 Å². The lowest BCUT2D eigenvalue weighted by molar-refractivity contribution is 0.271. The van der Waals surface area contributed by atoms with E-state index in [1.165, 1.54) is 25.3 Å². The maximum absolute atomic E-state index is 13.1. The fraction of sp³-hybridized carbons (Fsp3) is 0.583. The quantitative estimate of drug-likeness (QED) is 0.713. The van der Waals surface area contributed by atoms with Crippen molar-refractivity contribution in [3.63, 3.8) is 0 Å². The van der Waals surface area contributed by atoms with Crippen LogP contribution in [-0.4, -0.2) is 11.0 Å². The summed E-state index contributed by atoms with van der Waals surface area (Å²) in [5.74, 6) is -0.363. The van der Waals surface area contributed by atoms with Gasteiger partial charge in [0, 0.05) is 6.04 Å². The van der Waals surface area contributed by atoms with Gasteiger partial charge < -0.3 is 5.32 Å². The van der Waals surface area contributed by atoms with Gasteiger partial charge in [0.1, 0.15) is 0 Å². The van der Waals surface area contributed by atoms with Gasteiger partial charge in [-0.1, -0.05) is 6.07 Å². The minimum atomic E-state index is -0.363. The Balaban J connectivity index is 1.98. The summed E-state index contributed by atoms with van der Waals surface area (Å²) >= 11 is 0. The molecule has 3 rings (SSSR count). The highest BCUT2D eigenvalue weighted by Crippen LogP contribution is 2.41. The molecule has 2 nitrogen and oxygen atoms in total. The molecule has 1 aromatic heterocycles. The van der Waals surface area contributed by atoms with Crippen LogP contribution in [0.4, 0.5) is 4.39 Å². The third kappa shape index (κ3) is 1.46. The summed E-state index contributed by atoms with van der Waals surface area (Å²) in [6.45, 7) is 0. The van der Waals surface area contributed by atoms with E-state index in [4.69, 9.17) is 0 Å². The number of halogens is 1. The molecule has 2 atom stereocenters. The molecule has 0 spiro atoms. The second kappa shape index (κ2) is 3.27. The van der Waals surface area contributed by atoms with Crippen LogP contribution in [0, 0.1) is 5.95 Å². The van der Waals surface area contributed by atoms with E-state index in [2.05, 4.69) is 10.3 Å². The van der Waals surface area contributed by atoms with Crippen LogP contribution in [0.2, 0.25) is 0 Å². The van der Waals surface area contributed by atoms with Gasteiger partial charge in [-0.3, -0.25) is 0 Å². The number of pyridine rings is 1. The van der Waals surface area contributed by atoms with Gasteiger partial charge in [0.2, 0.25) is 5.95 Å². The van der Waals surface area contributed by atoms with E-state index in [0.717, 1.165) is 18.5 Å². The van der Waals surface area contributed by atoms with Crippen molar-refractivity contribution < 1.29 is 4.39 Å². The molecule has 0 aromatic carbocycles. The maximum atomic E-state index is 13.1. The van der Waals surface area contributed by atoms with E-state index in [0.29, 0.717) is 6.04 Å². The average molecular weight is 206 g/mol. The summed E-state index contributed by atoms with van der Waals surface area (Å²) in [7, 11) is 0. The SMILES string of the molecule is Fc1cccc(C23CCCC(CC2)N3)n1. The van der Waals surface area contributed by atoms with E-state index in [9.17, 15) is 4.39 Å². The Bertz CT molecular complexity index is 376. The predicted molar refractivity (Wildman–Crippen MR) is 55.9 cm³/mol. The van der Waals surface area contributed by atoms with Crippen molar-refractivity contribution in [2.24, 2.45) is 0 Å². The van der Waals surface area contributed by atoms with Crippen LogP contribution in [0.25, 0.3) is 0 Å². The molecule has 2 aliphatic heterocycles. The van der Waals surface area contributed by atoms with Crippen molar-refractivity contribution in [2.75, 3.05) is 0 Å². The number of nitrogens with zero attached hydrogens (tertiary/aromatic N) is 1. The summed E-state index contributed by atoms with van der Waals surface area (Å²) in [6.07, 6.45) is 5.90. The minimum Gasteiger partial charge on any atom is -0.303 e. The lowest BCUT2D eigenvalue weighted by Crippen LogP contribution is -2.44. The van der Waals surface area contributed by atoms with Gasteiger partial charge in [0.15, 0.2) is 0 Å². The summed E-state index contributed by atoms with van der Waals surface area (Å²) in [5.41, 5.74) is 0.870. The largest absolute Gasteiger partial charge is 0.303 e. The first kappa shape index (κ1) is 9.28. The molecule has 2 bridgehead atoms. The van der Waals surface area contributed by atoms with Gasteiger partial charge in [-0.05, 0) is 44.2 Å². The number of aromatic nitrogens is 1. The molecule has 2 aliphatic rings. The van der Waals surface area contributed by atoms with Crippen LogP contribution in [-0.2, 0) is 5.54 Å². The zero-order chi connectivity index (χ0) is 10.3. The fourth-order valence-electron chi connectivity index (χ4n) is 3.02. The summed E-state index contributed by atoms with van der Waals surface area (Å²) in [6, 6.07) is 5.75. The average Bonchev–Trinajstić information content (AvgIpc) is 2.56. The fourth-order valence-corrected chi connectivity index (χ4v) is 3.02. The molecule has 1 N–H and O–H groups in total. The zero-order valence-electron chi connectivity index (χ0n) is 8.67. The molecule has 3 heterocycles. The monoisotopic (exact) mass is 206 g/mol. The number of hydrogen-bond acceptors (Lipinski definition) is 2. The van der Waals surface area contributed by atoms with Crippen molar-refractivity contribution >= 4 is 0 Å². The zero-order valence-corrected chi connectivity index (χ0v) is 8.67. The normalized spacial score (nSPS) is 34.3. The van der Waals surface area contributed by atoms with Gasteiger partial charge in [0.25, 0.3) is 0 Å². The van der Waals surface area contributed by atoms with Crippen molar-refractivity contribution in [3.8, 4) is 0 Å². The maximum Gasteiger partial charge on any atom is 0.213 e. The van der Waals surface area contributed by atoms with Gasteiger partial charge in [-0.15, -0.1) is 0 Å². The molecule has 2 fully saturated rings. The smallest absolute Gasteiger partial charge is 0.213 e. The van der Waals surface area contributed by atoms with Crippen LogP contribution < -0.4 is 5.32 Å². The number of fused-ring (bicyclic) bond motifs is 2. The highest BCUT2D eigenvalue weighted by molar-refractivity contribution is 5.20. The third-order valence-electron chi connectivity index (χ3n) is 3.76. The molecular weight excluding hydrogens is 191 g/mol. The van der Waals surface area contributed by atoms with E-state index < -0.39 is 0 Å². The van der Waals surface area contributed by atoms with E-state index >= 15 is 0 Å². The highest BCUT2D eigenvalue weighted by Gasteiger charge is 2.43.